The molecule has 0 unspecified atom stereocenters. The van der Waals surface area contributed by atoms with Crippen LogP contribution in [0.25, 0.3) is 0 Å². The zero-order chi connectivity index (χ0) is 17.9. The van der Waals surface area contributed by atoms with Crippen molar-refractivity contribution in [3.05, 3.63) is 59.2 Å². The molecule has 1 amide bonds. The molecule has 26 heavy (non-hydrogen) atoms. The number of benzene rings is 2. The van der Waals surface area contributed by atoms with Crippen molar-refractivity contribution in [3.8, 4) is 11.5 Å². The second-order valence-electron chi connectivity index (χ2n) is 6.99. The summed E-state index contributed by atoms with van der Waals surface area (Å²) >= 11 is 0. The van der Waals surface area contributed by atoms with E-state index < -0.39 is 0 Å². The number of piperazine rings is 1. The molecule has 2 heterocycles. The van der Waals surface area contributed by atoms with E-state index in [1.807, 2.05) is 29.2 Å². The van der Waals surface area contributed by atoms with Crippen LogP contribution in [0.3, 0.4) is 0 Å². The molecule has 2 aromatic carbocycles. The standard InChI is InChI=1S/C21H24N2O3/c1-25-19-5-3-17(4-6-19)21(24)23-11-9-22(10-12-23)15-16-2-7-20-18(14-16)8-13-26-20/h2-7,14H,8-13,15H2,1H3/p+1. The highest BCUT2D eigenvalue weighted by Crippen LogP contribution is 2.25. The second kappa shape index (κ2) is 7.38. The highest BCUT2D eigenvalue weighted by atomic mass is 16.5. The maximum Gasteiger partial charge on any atom is 0.254 e. The topological polar surface area (TPSA) is 43.2 Å². The number of nitrogens with zero attached hydrogens (tertiary/aromatic N) is 1. The monoisotopic (exact) mass is 353 g/mol. The van der Waals surface area contributed by atoms with Gasteiger partial charge >= 0.3 is 0 Å². The number of carbonyl (C=O) groups excluding carboxylic acids is 1. The Bertz CT molecular complexity index is 780. The summed E-state index contributed by atoms with van der Waals surface area (Å²) < 4.78 is 10.7. The fourth-order valence-corrected chi connectivity index (χ4v) is 3.76. The molecule has 1 saturated heterocycles. The SMILES string of the molecule is COc1ccc(C(=O)N2CC[NH+](Cc3ccc4c(c3)CCO4)CC2)cc1. The molecule has 0 bridgehead atoms. The highest BCUT2D eigenvalue weighted by Gasteiger charge is 2.25. The summed E-state index contributed by atoms with van der Waals surface area (Å²) in [4.78, 5) is 16.1. The minimum absolute atomic E-state index is 0.112. The van der Waals surface area contributed by atoms with E-state index >= 15 is 0 Å². The lowest BCUT2D eigenvalue weighted by Gasteiger charge is -2.32. The summed E-state index contributed by atoms with van der Waals surface area (Å²) in [6, 6.07) is 13.9. The minimum Gasteiger partial charge on any atom is -0.497 e. The Balaban J connectivity index is 1.32. The van der Waals surface area contributed by atoms with Crippen LogP contribution in [0.4, 0.5) is 0 Å². The normalized spacial score (nSPS) is 16.9. The smallest absolute Gasteiger partial charge is 0.254 e. The Morgan fingerprint density at radius 3 is 2.65 bits per heavy atom. The van der Waals surface area contributed by atoms with E-state index in [-0.39, 0.29) is 5.91 Å². The summed E-state index contributed by atoms with van der Waals surface area (Å²) in [7, 11) is 1.63. The molecule has 2 aliphatic heterocycles. The number of carbonyl (C=O) groups is 1. The Kier molecular flexibility index (Phi) is 4.80. The third-order valence-electron chi connectivity index (χ3n) is 5.30. The number of hydrogen-bond acceptors (Lipinski definition) is 3. The van der Waals surface area contributed by atoms with E-state index in [1.165, 1.54) is 16.0 Å². The molecule has 0 atom stereocenters. The maximum absolute atomic E-state index is 12.7. The van der Waals surface area contributed by atoms with Crippen LogP contribution in [0.15, 0.2) is 42.5 Å². The van der Waals surface area contributed by atoms with Gasteiger partial charge in [-0.25, -0.2) is 0 Å². The van der Waals surface area contributed by atoms with E-state index in [0.29, 0.717) is 0 Å². The fraction of sp³-hybridized carbons (Fsp3) is 0.381. The first-order chi connectivity index (χ1) is 12.7. The molecule has 2 aliphatic rings. The van der Waals surface area contributed by atoms with Gasteiger partial charge < -0.3 is 19.3 Å². The van der Waals surface area contributed by atoms with Gasteiger partial charge in [-0.3, -0.25) is 4.79 Å². The van der Waals surface area contributed by atoms with Crippen molar-refractivity contribution < 1.29 is 19.2 Å². The van der Waals surface area contributed by atoms with Crippen LogP contribution in [0, 0.1) is 0 Å². The number of nitrogens with one attached hydrogen (secondary N) is 1. The molecule has 4 rings (SSSR count). The van der Waals surface area contributed by atoms with Gasteiger partial charge in [-0.2, -0.15) is 0 Å². The molecule has 136 valence electrons. The summed E-state index contributed by atoms with van der Waals surface area (Å²) in [5.74, 6) is 1.93. The molecule has 2 aromatic rings. The van der Waals surface area contributed by atoms with Crippen LogP contribution < -0.4 is 14.4 Å². The molecule has 0 saturated carbocycles. The Hall–Kier alpha value is -2.53. The first kappa shape index (κ1) is 16.9. The summed E-state index contributed by atoms with van der Waals surface area (Å²) in [5.41, 5.74) is 3.42. The molecular weight excluding hydrogens is 328 g/mol. The minimum atomic E-state index is 0.112. The molecule has 1 fully saturated rings. The van der Waals surface area contributed by atoms with Crippen LogP contribution in [0.2, 0.25) is 0 Å². The summed E-state index contributed by atoms with van der Waals surface area (Å²) in [6.45, 7) is 5.38. The van der Waals surface area contributed by atoms with Crippen molar-refractivity contribution in [2.45, 2.75) is 13.0 Å². The van der Waals surface area contributed by atoms with Crippen LogP contribution in [0.5, 0.6) is 11.5 Å². The Morgan fingerprint density at radius 2 is 1.92 bits per heavy atom. The Morgan fingerprint density at radius 1 is 1.15 bits per heavy atom. The van der Waals surface area contributed by atoms with Gasteiger partial charge in [-0.1, -0.05) is 0 Å². The summed E-state index contributed by atoms with van der Waals surface area (Å²) in [6.07, 6.45) is 1.02. The highest BCUT2D eigenvalue weighted by molar-refractivity contribution is 5.94. The summed E-state index contributed by atoms with van der Waals surface area (Å²) in [5, 5.41) is 0. The predicted octanol–water partition coefficient (Wildman–Crippen LogP) is 1.17. The molecular formula is C21H25N2O3+. The quantitative estimate of drug-likeness (QED) is 0.897. The number of fused-ring (bicyclic) bond motifs is 1. The number of rotatable bonds is 4. The van der Waals surface area contributed by atoms with Crippen LogP contribution >= 0.6 is 0 Å². The number of hydrogen-bond donors (Lipinski definition) is 1. The van der Waals surface area contributed by atoms with Gasteiger partial charge in [0, 0.05) is 17.5 Å². The third kappa shape index (κ3) is 3.53. The molecule has 5 nitrogen and oxygen atoms in total. The lowest BCUT2D eigenvalue weighted by atomic mass is 10.1. The molecule has 1 N–H and O–H groups in total. The second-order valence-corrected chi connectivity index (χ2v) is 6.99. The fourth-order valence-electron chi connectivity index (χ4n) is 3.76. The van der Waals surface area contributed by atoms with E-state index in [2.05, 4.69) is 18.2 Å². The van der Waals surface area contributed by atoms with Crippen molar-refractivity contribution in [2.75, 3.05) is 39.9 Å². The number of ether oxygens (including phenoxy) is 2. The van der Waals surface area contributed by atoms with Crippen molar-refractivity contribution in [3.63, 3.8) is 0 Å². The van der Waals surface area contributed by atoms with E-state index in [0.717, 1.165) is 62.8 Å². The average molecular weight is 353 g/mol. The zero-order valence-electron chi connectivity index (χ0n) is 15.2. The van der Waals surface area contributed by atoms with Crippen molar-refractivity contribution in [1.82, 2.24) is 4.90 Å². The predicted molar refractivity (Wildman–Crippen MR) is 98.9 cm³/mol. The third-order valence-corrected chi connectivity index (χ3v) is 5.30. The molecule has 0 aliphatic carbocycles. The molecule has 5 heteroatoms. The van der Waals surface area contributed by atoms with Crippen LogP contribution in [0.1, 0.15) is 21.5 Å². The largest absolute Gasteiger partial charge is 0.497 e. The van der Waals surface area contributed by atoms with Gasteiger partial charge in [0.2, 0.25) is 0 Å². The Labute approximate surface area is 154 Å². The lowest BCUT2D eigenvalue weighted by molar-refractivity contribution is -0.917. The first-order valence-electron chi connectivity index (χ1n) is 9.24. The molecule has 0 spiro atoms. The lowest BCUT2D eigenvalue weighted by Crippen LogP contribution is -3.13. The van der Waals surface area contributed by atoms with Gasteiger partial charge in [0.25, 0.3) is 5.91 Å². The number of methoxy groups -OCH3 is 1. The number of amides is 1. The van der Waals surface area contributed by atoms with Gasteiger partial charge in [-0.15, -0.1) is 0 Å². The van der Waals surface area contributed by atoms with Gasteiger partial charge in [0.15, 0.2) is 0 Å². The average Bonchev–Trinajstić information content (AvgIpc) is 3.16. The molecule has 0 radical (unpaired) electrons. The first-order valence-corrected chi connectivity index (χ1v) is 9.24. The van der Waals surface area contributed by atoms with Crippen molar-refractivity contribution >= 4 is 5.91 Å². The zero-order valence-corrected chi connectivity index (χ0v) is 15.2. The maximum atomic E-state index is 12.7. The van der Waals surface area contributed by atoms with E-state index in [9.17, 15) is 4.79 Å². The van der Waals surface area contributed by atoms with E-state index in [4.69, 9.17) is 9.47 Å². The number of quaternary nitrogens is 1. The van der Waals surface area contributed by atoms with Gasteiger partial charge in [-0.05, 0) is 48.0 Å². The van der Waals surface area contributed by atoms with Crippen molar-refractivity contribution in [1.29, 1.82) is 0 Å². The van der Waals surface area contributed by atoms with Crippen LogP contribution in [-0.2, 0) is 13.0 Å². The van der Waals surface area contributed by atoms with Crippen molar-refractivity contribution in [2.24, 2.45) is 0 Å². The molecule has 0 aromatic heterocycles. The van der Waals surface area contributed by atoms with Crippen LogP contribution in [-0.4, -0.2) is 50.7 Å². The van der Waals surface area contributed by atoms with E-state index in [1.54, 1.807) is 7.11 Å². The van der Waals surface area contributed by atoms with Gasteiger partial charge in [0.05, 0.1) is 39.9 Å². The van der Waals surface area contributed by atoms with Gasteiger partial charge in [0.1, 0.15) is 18.0 Å².